The van der Waals surface area contributed by atoms with E-state index in [0.29, 0.717) is 5.69 Å². The number of benzene rings is 2. The van der Waals surface area contributed by atoms with Gasteiger partial charge in [-0.15, -0.1) is 0 Å². The molecule has 178 valence electrons. The molecule has 4 rings (SSSR count). The van der Waals surface area contributed by atoms with Gasteiger partial charge in [0.1, 0.15) is 17.4 Å². The van der Waals surface area contributed by atoms with Crippen molar-refractivity contribution in [3.8, 4) is 17.5 Å². The first-order valence-corrected chi connectivity index (χ1v) is 11.5. The molecule has 0 radical (unpaired) electrons. The van der Waals surface area contributed by atoms with E-state index < -0.39 is 5.91 Å². The number of nitriles is 1. The predicted octanol–water partition coefficient (Wildman–Crippen LogP) is 4.67. The second-order valence-electron chi connectivity index (χ2n) is 8.68. The lowest BCUT2D eigenvalue weighted by Crippen LogP contribution is -2.24. The molecular weight excluding hydrogens is 440 g/mol. The highest BCUT2D eigenvalue weighted by molar-refractivity contribution is 6.01. The van der Waals surface area contributed by atoms with Crippen LogP contribution in [0.15, 0.2) is 60.2 Å². The van der Waals surface area contributed by atoms with Crippen molar-refractivity contribution in [2.45, 2.75) is 33.2 Å². The lowest BCUT2D eigenvalue weighted by atomic mass is 10.1. The molecule has 0 spiro atoms. The van der Waals surface area contributed by atoms with Crippen molar-refractivity contribution >= 4 is 23.6 Å². The molecule has 7 nitrogen and oxygen atoms in total. The molecule has 3 aromatic rings. The van der Waals surface area contributed by atoms with Gasteiger partial charge in [0.25, 0.3) is 5.91 Å². The van der Waals surface area contributed by atoms with Gasteiger partial charge in [0.2, 0.25) is 5.91 Å². The average molecular weight is 469 g/mol. The molecular formula is C28H28N4O3. The first kappa shape index (κ1) is 23.8. The van der Waals surface area contributed by atoms with Crippen molar-refractivity contribution in [2.24, 2.45) is 5.92 Å². The lowest BCUT2D eigenvalue weighted by molar-refractivity contribution is -0.118. The van der Waals surface area contributed by atoms with Gasteiger partial charge in [0.05, 0.1) is 7.11 Å². The SMILES string of the molecule is COc1ccc(-n2c(C)cc(/C=C(\C#N)C(=O)NCc3cccc(NC(=O)C4CC4)c3)c2C)cc1. The molecule has 1 saturated carbocycles. The van der Waals surface area contributed by atoms with Gasteiger partial charge in [-0.1, -0.05) is 12.1 Å². The smallest absolute Gasteiger partial charge is 0.262 e. The minimum atomic E-state index is -0.450. The van der Waals surface area contributed by atoms with Gasteiger partial charge in [-0.05, 0) is 86.4 Å². The van der Waals surface area contributed by atoms with Gasteiger partial charge in [0, 0.05) is 35.2 Å². The molecule has 35 heavy (non-hydrogen) atoms. The van der Waals surface area contributed by atoms with E-state index in [9.17, 15) is 14.9 Å². The Morgan fingerprint density at radius 2 is 1.89 bits per heavy atom. The number of nitrogens with zero attached hydrogens (tertiary/aromatic N) is 2. The number of carbonyl (C=O) groups is 2. The molecule has 2 N–H and O–H groups in total. The maximum absolute atomic E-state index is 12.8. The molecule has 2 amide bonds. The number of aromatic nitrogens is 1. The predicted molar refractivity (Wildman–Crippen MR) is 135 cm³/mol. The number of anilines is 1. The number of nitrogens with one attached hydrogen (secondary N) is 2. The second-order valence-corrected chi connectivity index (χ2v) is 8.68. The fraction of sp³-hybridized carbons (Fsp3) is 0.250. The largest absolute Gasteiger partial charge is 0.497 e. The van der Waals surface area contributed by atoms with E-state index in [0.717, 1.165) is 46.8 Å². The van der Waals surface area contributed by atoms with Crippen molar-refractivity contribution < 1.29 is 14.3 Å². The number of rotatable bonds is 8. The Morgan fingerprint density at radius 3 is 2.54 bits per heavy atom. The third-order valence-electron chi connectivity index (χ3n) is 6.06. The van der Waals surface area contributed by atoms with E-state index in [1.165, 1.54) is 0 Å². The van der Waals surface area contributed by atoms with Crippen LogP contribution in [0.4, 0.5) is 5.69 Å². The Balaban J connectivity index is 1.46. The van der Waals surface area contributed by atoms with Crippen LogP contribution in [-0.4, -0.2) is 23.5 Å². The zero-order chi connectivity index (χ0) is 24.9. The van der Waals surface area contributed by atoms with E-state index in [1.807, 2.05) is 74.5 Å². The summed E-state index contributed by atoms with van der Waals surface area (Å²) < 4.78 is 7.31. The summed E-state index contributed by atoms with van der Waals surface area (Å²) in [6.45, 7) is 4.18. The maximum Gasteiger partial charge on any atom is 0.262 e. The van der Waals surface area contributed by atoms with E-state index in [-0.39, 0.29) is 23.9 Å². The minimum Gasteiger partial charge on any atom is -0.497 e. The minimum absolute atomic E-state index is 0.0261. The van der Waals surface area contributed by atoms with Gasteiger partial charge in [0.15, 0.2) is 0 Å². The molecule has 2 aromatic carbocycles. The van der Waals surface area contributed by atoms with Crippen LogP contribution < -0.4 is 15.4 Å². The summed E-state index contributed by atoms with van der Waals surface area (Å²) in [5, 5.41) is 15.4. The van der Waals surface area contributed by atoms with Crippen molar-refractivity contribution in [3.63, 3.8) is 0 Å². The zero-order valence-electron chi connectivity index (χ0n) is 20.1. The van der Waals surface area contributed by atoms with Gasteiger partial charge in [-0.3, -0.25) is 9.59 Å². The molecule has 1 aromatic heterocycles. The van der Waals surface area contributed by atoms with Crippen LogP contribution in [0.2, 0.25) is 0 Å². The Kier molecular flexibility index (Phi) is 7.02. The van der Waals surface area contributed by atoms with Gasteiger partial charge in [-0.25, -0.2) is 0 Å². The van der Waals surface area contributed by atoms with Gasteiger partial charge >= 0.3 is 0 Å². The summed E-state index contributed by atoms with van der Waals surface area (Å²) in [6.07, 6.45) is 3.49. The first-order chi connectivity index (χ1) is 16.9. The third kappa shape index (κ3) is 5.61. The topological polar surface area (TPSA) is 96.2 Å². The molecule has 0 aliphatic heterocycles. The van der Waals surface area contributed by atoms with Crippen LogP contribution in [0.3, 0.4) is 0 Å². The van der Waals surface area contributed by atoms with Crippen LogP contribution >= 0.6 is 0 Å². The molecule has 1 aliphatic carbocycles. The van der Waals surface area contributed by atoms with Crippen molar-refractivity contribution in [3.05, 3.63) is 82.7 Å². The summed E-state index contributed by atoms with van der Waals surface area (Å²) in [6, 6.07) is 19.0. The molecule has 1 heterocycles. The van der Waals surface area contributed by atoms with E-state index in [2.05, 4.69) is 15.2 Å². The molecule has 1 aliphatic rings. The first-order valence-electron chi connectivity index (χ1n) is 11.5. The highest BCUT2D eigenvalue weighted by atomic mass is 16.5. The van der Waals surface area contributed by atoms with Crippen LogP contribution in [0.1, 0.15) is 35.4 Å². The van der Waals surface area contributed by atoms with E-state index >= 15 is 0 Å². The van der Waals surface area contributed by atoms with Crippen molar-refractivity contribution in [1.82, 2.24) is 9.88 Å². The number of aryl methyl sites for hydroxylation is 1. The Hall–Kier alpha value is -4.31. The number of carbonyl (C=O) groups excluding carboxylic acids is 2. The summed E-state index contributed by atoms with van der Waals surface area (Å²) in [5.74, 6) is 0.478. The monoisotopic (exact) mass is 468 g/mol. The fourth-order valence-corrected chi connectivity index (χ4v) is 3.99. The number of amides is 2. The summed E-state index contributed by atoms with van der Waals surface area (Å²) in [5.41, 5.74) is 5.25. The molecule has 1 fully saturated rings. The normalized spacial score (nSPS) is 13.1. The average Bonchev–Trinajstić information content (AvgIpc) is 3.67. The maximum atomic E-state index is 12.8. The highest BCUT2D eigenvalue weighted by Gasteiger charge is 2.29. The van der Waals surface area contributed by atoms with Crippen molar-refractivity contribution in [2.75, 3.05) is 12.4 Å². The number of hydrogen-bond acceptors (Lipinski definition) is 4. The fourth-order valence-electron chi connectivity index (χ4n) is 3.99. The van der Waals surface area contributed by atoms with Crippen molar-refractivity contribution in [1.29, 1.82) is 5.26 Å². The Bertz CT molecular complexity index is 1330. The zero-order valence-corrected chi connectivity index (χ0v) is 20.1. The van der Waals surface area contributed by atoms with E-state index in [4.69, 9.17) is 4.74 Å². The van der Waals surface area contributed by atoms with Crippen LogP contribution in [-0.2, 0) is 16.1 Å². The molecule has 0 atom stereocenters. The van der Waals surface area contributed by atoms with E-state index in [1.54, 1.807) is 13.2 Å². The lowest BCUT2D eigenvalue weighted by Gasteiger charge is -2.10. The van der Waals surface area contributed by atoms with Crippen LogP contribution in [0.5, 0.6) is 5.75 Å². The molecule has 0 unspecified atom stereocenters. The summed E-state index contributed by atoms with van der Waals surface area (Å²) in [4.78, 5) is 24.8. The number of hydrogen-bond donors (Lipinski definition) is 2. The summed E-state index contributed by atoms with van der Waals surface area (Å²) >= 11 is 0. The van der Waals surface area contributed by atoms with Crippen LogP contribution in [0.25, 0.3) is 11.8 Å². The van der Waals surface area contributed by atoms with Gasteiger partial charge in [-0.2, -0.15) is 5.26 Å². The standard InChI is InChI=1S/C28H28N4O3/c1-18-13-22(19(2)32(18)25-9-11-26(35-3)12-10-25)15-23(16-29)27(33)30-17-20-5-4-6-24(14-20)31-28(34)21-7-8-21/h4-6,9-15,21H,7-8,17H2,1-3H3,(H,30,33)(H,31,34)/b23-15+. The number of ether oxygens (including phenoxy) is 1. The van der Waals surface area contributed by atoms with Gasteiger partial charge < -0.3 is 19.9 Å². The molecule has 0 saturated heterocycles. The summed E-state index contributed by atoms with van der Waals surface area (Å²) in [7, 11) is 1.63. The highest BCUT2D eigenvalue weighted by Crippen LogP contribution is 2.30. The second kappa shape index (κ2) is 10.3. The molecule has 7 heteroatoms. The Labute approximate surface area is 205 Å². The Morgan fingerprint density at radius 1 is 1.14 bits per heavy atom. The van der Waals surface area contributed by atoms with Crippen LogP contribution in [0, 0.1) is 31.1 Å². The quantitative estimate of drug-likeness (QED) is 0.371. The third-order valence-corrected chi connectivity index (χ3v) is 6.06. The number of methoxy groups -OCH3 is 1. The molecule has 0 bridgehead atoms.